The summed E-state index contributed by atoms with van der Waals surface area (Å²) in [6.07, 6.45) is 3.75. The molecule has 0 aliphatic carbocycles. The molecule has 5 nitrogen and oxygen atoms in total. The molecule has 2 aromatic rings. The van der Waals surface area contributed by atoms with E-state index in [-0.39, 0.29) is 12.1 Å². The number of carbonyl (C=O) groups is 1. The van der Waals surface area contributed by atoms with E-state index >= 15 is 0 Å². The van der Waals surface area contributed by atoms with Crippen LogP contribution >= 0.6 is 15.9 Å². The minimum absolute atomic E-state index is 0.0312. The molecule has 0 saturated heterocycles. The lowest BCUT2D eigenvalue weighted by Gasteiger charge is -2.05. The number of hydrogen-bond donors (Lipinski definition) is 2. The fourth-order valence-electron chi connectivity index (χ4n) is 1.91. The van der Waals surface area contributed by atoms with Crippen LogP contribution in [0.1, 0.15) is 11.3 Å². The maximum atomic E-state index is 11.9. The van der Waals surface area contributed by atoms with Gasteiger partial charge >= 0.3 is 0 Å². The van der Waals surface area contributed by atoms with Crippen LogP contribution in [0.25, 0.3) is 0 Å². The summed E-state index contributed by atoms with van der Waals surface area (Å²) >= 11 is 3.49. The number of nitrogens with one attached hydrogen (secondary N) is 2. The molecule has 1 aromatic carbocycles. The van der Waals surface area contributed by atoms with Crippen LogP contribution in [0.4, 0.5) is 0 Å². The van der Waals surface area contributed by atoms with Crippen molar-refractivity contribution < 1.29 is 9.21 Å². The summed E-state index contributed by atoms with van der Waals surface area (Å²) < 4.78 is 6.16. The lowest BCUT2D eigenvalue weighted by atomic mass is 10.1. The first-order valence-corrected chi connectivity index (χ1v) is 7.87. The fourth-order valence-corrected chi connectivity index (χ4v) is 2.39. The minimum atomic E-state index is -0.433. The van der Waals surface area contributed by atoms with Gasteiger partial charge in [-0.25, -0.2) is 0 Å². The van der Waals surface area contributed by atoms with Crippen molar-refractivity contribution >= 4 is 21.8 Å². The van der Waals surface area contributed by atoms with Gasteiger partial charge in [0.1, 0.15) is 17.4 Å². The molecule has 0 aliphatic heterocycles. The molecule has 0 unspecified atom stereocenters. The first-order chi connectivity index (χ1) is 11.2. The molecule has 0 saturated carbocycles. The summed E-state index contributed by atoms with van der Waals surface area (Å²) in [5.74, 6) is 0.204. The van der Waals surface area contributed by atoms with Gasteiger partial charge in [0.25, 0.3) is 5.91 Å². The lowest BCUT2D eigenvalue weighted by Crippen LogP contribution is -2.25. The van der Waals surface area contributed by atoms with Gasteiger partial charge in [0.15, 0.2) is 0 Å². The SMILES string of the molecule is N#C/C(=C/NCCc1ccccc1Br)C(=O)NCc1ccco1. The number of furan rings is 1. The van der Waals surface area contributed by atoms with Crippen LogP contribution < -0.4 is 10.6 Å². The minimum Gasteiger partial charge on any atom is -0.467 e. The number of hydrogen-bond acceptors (Lipinski definition) is 4. The number of nitriles is 1. The molecular formula is C17H16BrN3O2. The third-order valence-electron chi connectivity index (χ3n) is 3.11. The monoisotopic (exact) mass is 373 g/mol. The highest BCUT2D eigenvalue weighted by atomic mass is 79.9. The zero-order chi connectivity index (χ0) is 16.5. The van der Waals surface area contributed by atoms with Crippen molar-refractivity contribution in [3.63, 3.8) is 0 Å². The Morgan fingerprint density at radius 2 is 2.13 bits per heavy atom. The van der Waals surface area contributed by atoms with Gasteiger partial charge in [-0.3, -0.25) is 4.79 Å². The van der Waals surface area contributed by atoms with Crippen molar-refractivity contribution in [1.82, 2.24) is 10.6 Å². The second kappa shape index (κ2) is 8.81. The average molecular weight is 374 g/mol. The molecule has 0 aliphatic rings. The molecule has 1 aromatic heterocycles. The van der Waals surface area contributed by atoms with Gasteiger partial charge in [0.2, 0.25) is 0 Å². The summed E-state index contributed by atoms with van der Waals surface area (Å²) in [5, 5.41) is 14.7. The predicted octanol–water partition coefficient (Wildman–Crippen LogP) is 2.90. The standard InChI is InChI=1S/C17H16BrN3O2/c18-16-6-2-1-4-13(16)7-8-20-11-14(10-19)17(22)21-12-15-5-3-9-23-15/h1-6,9,11,20H,7-8,12H2,(H,21,22)/b14-11-. The van der Waals surface area contributed by atoms with Gasteiger partial charge in [-0.05, 0) is 30.2 Å². The van der Waals surface area contributed by atoms with Crippen molar-refractivity contribution in [3.8, 4) is 6.07 Å². The van der Waals surface area contributed by atoms with Gasteiger partial charge in [0, 0.05) is 17.2 Å². The smallest absolute Gasteiger partial charge is 0.263 e. The highest BCUT2D eigenvalue weighted by Gasteiger charge is 2.08. The van der Waals surface area contributed by atoms with Crippen LogP contribution in [-0.2, 0) is 17.8 Å². The Balaban J connectivity index is 1.80. The van der Waals surface area contributed by atoms with E-state index in [0.717, 1.165) is 16.5 Å². The Bertz CT molecular complexity index is 718. The first kappa shape index (κ1) is 16.8. The van der Waals surface area contributed by atoms with E-state index < -0.39 is 5.91 Å². The van der Waals surface area contributed by atoms with Crippen LogP contribution in [0.3, 0.4) is 0 Å². The number of nitrogens with zero attached hydrogens (tertiary/aromatic N) is 1. The van der Waals surface area contributed by atoms with Crippen LogP contribution in [0.15, 0.2) is 63.3 Å². The molecular weight excluding hydrogens is 358 g/mol. The van der Waals surface area contributed by atoms with Gasteiger partial charge in [-0.15, -0.1) is 0 Å². The first-order valence-electron chi connectivity index (χ1n) is 7.08. The van der Waals surface area contributed by atoms with Crippen LogP contribution in [-0.4, -0.2) is 12.5 Å². The Hall–Kier alpha value is -2.52. The van der Waals surface area contributed by atoms with E-state index in [0.29, 0.717) is 12.3 Å². The van der Waals surface area contributed by atoms with Crippen molar-refractivity contribution in [2.24, 2.45) is 0 Å². The number of amides is 1. The highest BCUT2D eigenvalue weighted by Crippen LogP contribution is 2.15. The number of rotatable bonds is 7. The van der Waals surface area contributed by atoms with Crippen molar-refractivity contribution in [1.29, 1.82) is 5.26 Å². The molecule has 0 fully saturated rings. The van der Waals surface area contributed by atoms with Gasteiger partial charge < -0.3 is 15.1 Å². The van der Waals surface area contributed by atoms with Crippen molar-refractivity contribution in [2.75, 3.05) is 6.54 Å². The van der Waals surface area contributed by atoms with E-state index in [1.165, 1.54) is 12.5 Å². The number of halogens is 1. The van der Waals surface area contributed by atoms with Crippen molar-refractivity contribution in [3.05, 3.63) is 70.2 Å². The zero-order valence-electron chi connectivity index (χ0n) is 12.4. The topological polar surface area (TPSA) is 78.1 Å². The second-order valence-electron chi connectivity index (χ2n) is 4.73. The Morgan fingerprint density at radius 1 is 1.30 bits per heavy atom. The zero-order valence-corrected chi connectivity index (χ0v) is 14.0. The second-order valence-corrected chi connectivity index (χ2v) is 5.58. The molecule has 23 heavy (non-hydrogen) atoms. The Kier molecular flexibility index (Phi) is 6.45. The van der Waals surface area contributed by atoms with Gasteiger partial charge in [0.05, 0.1) is 12.8 Å². The Labute approximate surface area is 143 Å². The van der Waals surface area contributed by atoms with Crippen LogP contribution in [0, 0.1) is 11.3 Å². The van der Waals surface area contributed by atoms with E-state index in [9.17, 15) is 4.79 Å². The molecule has 1 heterocycles. The average Bonchev–Trinajstić information content (AvgIpc) is 3.08. The summed E-state index contributed by atoms with van der Waals surface area (Å²) in [6, 6.07) is 13.3. The largest absolute Gasteiger partial charge is 0.467 e. The molecule has 0 spiro atoms. The maximum Gasteiger partial charge on any atom is 0.263 e. The van der Waals surface area contributed by atoms with Crippen molar-refractivity contribution in [2.45, 2.75) is 13.0 Å². The predicted molar refractivity (Wildman–Crippen MR) is 90.1 cm³/mol. The van der Waals surface area contributed by atoms with E-state index in [2.05, 4.69) is 26.6 Å². The molecule has 0 bridgehead atoms. The van der Waals surface area contributed by atoms with Crippen LogP contribution in [0.5, 0.6) is 0 Å². The Morgan fingerprint density at radius 3 is 2.83 bits per heavy atom. The summed E-state index contributed by atoms with van der Waals surface area (Å²) in [5.41, 5.74) is 1.19. The third-order valence-corrected chi connectivity index (χ3v) is 3.88. The molecule has 118 valence electrons. The van der Waals surface area contributed by atoms with E-state index in [1.54, 1.807) is 12.1 Å². The van der Waals surface area contributed by atoms with Gasteiger partial charge in [-0.1, -0.05) is 34.1 Å². The highest BCUT2D eigenvalue weighted by molar-refractivity contribution is 9.10. The number of carbonyl (C=O) groups excluding carboxylic acids is 1. The molecule has 6 heteroatoms. The van der Waals surface area contributed by atoms with E-state index in [1.807, 2.05) is 30.3 Å². The normalized spacial score (nSPS) is 10.9. The molecule has 1 amide bonds. The molecule has 2 N–H and O–H groups in total. The van der Waals surface area contributed by atoms with E-state index in [4.69, 9.17) is 9.68 Å². The molecule has 2 rings (SSSR count). The summed E-state index contributed by atoms with van der Waals surface area (Å²) in [4.78, 5) is 11.9. The molecule has 0 radical (unpaired) electrons. The van der Waals surface area contributed by atoms with Crippen LogP contribution in [0.2, 0.25) is 0 Å². The fraction of sp³-hybridized carbons (Fsp3) is 0.176. The molecule has 0 atom stereocenters. The van der Waals surface area contributed by atoms with Gasteiger partial charge in [-0.2, -0.15) is 5.26 Å². The number of benzene rings is 1. The maximum absolute atomic E-state index is 11.9. The lowest BCUT2D eigenvalue weighted by molar-refractivity contribution is -0.117. The quantitative estimate of drug-likeness (QED) is 0.444. The summed E-state index contributed by atoms with van der Waals surface area (Å²) in [6.45, 7) is 0.876. The third kappa shape index (κ3) is 5.31. The summed E-state index contributed by atoms with van der Waals surface area (Å²) in [7, 11) is 0.